The summed E-state index contributed by atoms with van der Waals surface area (Å²) in [6, 6.07) is 5.96. The standard InChI is InChI=1S/C13H16BrClO2/c14-12-1-2-13(11(7-12)8-15)17-9-10-3-5-16-6-4-10/h1-2,7,10H,3-6,8-9H2. The molecular formula is C13H16BrClO2. The fourth-order valence-corrected chi connectivity index (χ4v) is 2.53. The number of halogens is 2. The van der Waals surface area contributed by atoms with Crippen molar-refractivity contribution in [1.82, 2.24) is 0 Å². The Labute approximate surface area is 115 Å². The van der Waals surface area contributed by atoms with Crippen molar-refractivity contribution >= 4 is 27.5 Å². The lowest BCUT2D eigenvalue weighted by molar-refractivity contribution is 0.0496. The molecule has 2 nitrogen and oxygen atoms in total. The number of rotatable bonds is 4. The van der Waals surface area contributed by atoms with Crippen LogP contribution < -0.4 is 4.74 Å². The van der Waals surface area contributed by atoms with Crippen LogP contribution in [0.5, 0.6) is 5.75 Å². The third kappa shape index (κ3) is 3.87. The maximum Gasteiger partial charge on any atom is 0.123 e. The fourth-order valence-electron chi connectivity index (χ4n) is 1.91. The van der Waals surface area contributed by atoms with Gasteiger partial charge in [-0.05, 0) is 37.0 Å². The van der Waals surface area contributed by atoms with E-state index in [1.54, 1.807) is 0 Å². The highest BCUT2D eigenvalue weighted by Gasteiger charge is 2.15. The Morgan fingerprint density at radius 1 is 1.35 bits per heavy atom. The van der Waals surface area contributed by atoms with Gasteiger partial charge in [-0.1, -0.05) is 15.9 Å². The maximum absolute atomic E-state index is 5.90. The van der Waals surface area contributed by atoms with Crippen molar-refractivity contribution in [3.05, 3.63) is 28.2 Å². The van der Waals surface area contributed by atoms with Gasteiger partial charge in [-0.3, -0.25) is 0 Å². The topological polar surface area (TPSA) is 18.5 Å². The summed E-state index contributed by atoms with van der Waals surface area (Å²) in [7, 11) is 0. The van der Waals surface area contributed by atoms with Crippen LogP contribution in [-0.4, -0.2) is 19.8 Å². The van der Waals surface area contributed by atoms with E-state index in [-0.39, 0.29) is 0 Å². The summed E-state index contributed by atoms with van der Waals surface area (Å²) in [5.74, 6) is 1.98. The van der Waals surface area contributed by atoms with Gasteiger partial charge in [-0.2, -0.15) is 0 Å². The first-order chi connectivity index (χ1) is 8.29. The van der Waals surface area contributed by atoms with Gasteiger partial charge in [-0.15, -0.1) is 11.6 Å². The van der Waals surface area contributed by atoms with Crippen molar-refractivity contribution in [3.63, 3.8) is 0 Å². The van der Waals surface area contributed by atoms with Crippen molar-refractivity contribution in [2.75, 3.05) is 19.8 Å². The molecule has 1 aromatic rings. The fraction of sp³-hybridized carbons (Fsp3) is 0.538. The Kier molecular flexibility index (Phi) is 5.14. The molecule has 1 fully saturated rings. The Bertz CT molecular complexity index is 364. The number of hydrogen-bond donors (Lipinski definition) is 0. The zero-order valence-corrected chi connectivity index (χ0v) is 12.0. The lowest BCUT2D eigenvalue weighted by Gasteiger charge is -2.22. The monoisotopic (exact) mass is 318 g/mol. The zero-order valence-electron chi connectivity index (χ0n) is 9.62. The number of alkyl halides is 1. The van der Waals surface area contributed by atoms with E-state index in [1.807, 2.05) is 18.2 Å². The van der Waals surface area contributed by atoms with Crippen LogP contribution >= 0.6 is 27.5 Å². The molecule has 17 heavy (non-hydrogen) atoms. The molecule has 1 aromatic carbocycles. The van der Waals surface area contributed by atoms with E-state index in [9.17, 15) is 0 Å². The number of hydrogen-bond acceptors (Lipinski definition) is 2. The maximum atomic E-state index is 5.90. The van der Waals surface area contributed by atoms with E-state index in [4.69, 9.17) is 21.1 Å². The quantitative estimate of drug-likeness (QED) is 0.781. The molecule has 1 heterocycles. The third-order valence-corrected chi connectivity index (χ3v) is 3.76. The molecule has 4 heteroatoms. The second-order valence-electron chi connectivity index (χ2n) is 4.25. The first kappa shape index (κ1) is 13.2. The van der Waals surface area contributed by atoms with Crippen molar-refractivity contribution < 1.29 is 9.47 Å². The van der Waals surface area contributed by atoms with Crippen LogP contribution in [0, 0.1) is 5.92 Å². The Hall–Kier alpha value is -0.250. The molecule has 0 spiro atoms. The Morgan fingerprint density at radius 2 is 2.12 bits per heavy atom. The van der Waals surface area contributed by atoms with Crippen LogP contribution in [0.2, 0.25) is 0 Å². The Balaban J connectivity index is 1.93. The molecule has 0 atom stereocenters. The SMILES string of the molecule is ClCc1cc(Br)ccc1OCC1CCOCC1. The van der Waals surface area contributed by atoms with Gasteiger partial charge in [0.15, 0.2) is 0 Å². The minimum atomic E-state index is 0.475. The predicted octanol–water partition coefficient (Wildman–Crippen LogP) is 3.99. The minimum Gasteiger partial charge on any atom is -0.493 e. The summed E-state index contributed by atoms with van der Waals surface area (Å²) < 4.78 is 12.2. The van der Waals surface area contributed by atoms with Gasteiger partial charge in [0.25, 0.3) is 0 Å². The van der Waals surface area contributed by atoms with E-state index >= 15 is 0 Å². The molecule has 0 unspecified atom stereocenters. The second kappa shape index (κ2) is 6.62. The van der Waals surface area contributed by atoms with E-state index in [1.165, 1.54) is 0 Å². The first-order valence-corrected chi connectivity index (χ1v) is 7.17. The van der Waals surface area contributed by atoms with Crippen molar-refractivity contribution in [1.29, 1.82) is 0 Å². The number of ether oxygens (including phenoxy) is 2. The van der Waals surface area contributed by atoms with Gasteiger partial charge in [-0.25, -0.2) is 0 Å². The normalized spacial score (nSPS) is 17.1. The van der Waals surface area contributed by atoms with Crippen LogP contribution in [0.25, 0.3) is 0 Å². The molecule has 2 rings (SSSR count). The minimum absolute atomic E-state index is 0.475. The summed E-state index contributed by atoms with van der Waals surface area (Å²) in [5, 5.41) is 0. The van der Waals surface area contributed by atoms with Gasteiger partial charge in [0, 0.05) is 23.2 Å². The van der Waals surface area contributed by atoms with E-state index in [2.05, 4.69) is 15.9 Å². The van der Waals surface area contributed by atoms with Crippen LogP contribution in [0.1, 0.15) is 18.4 Å². The summed E-state index contributed by atoms with van der Waals surface area (Å²) in [6.07, 6.45) is 2.18. The van der Waals surface area contributed by atoms with E-state index in [0.717, 1.165) is 48.4 Å². The summed E-state index contributed by atoms with van der Waals surface area (Å²) >= 11 is 9.34. The van der Waals surface area contributed by atoms with Crippen LogP contribution in [-0.2, 0) is 10.6 Å². The molecular weight excluding hydrogens is 303 g/mol. The molecule has 94 valence electrons. The predicted molar refractivity (Wildman–Crippen MR) is 72.7 cm³/mol. The van der Waals surface area contributed by atoms with Crippen molar-refractivity contribution in [2.24, 2.45) is 5.92 Å². The van der Waals surface area contributed by atoms with Crippen LogP contribution in [0.4, 0.5) is 0 Å². The molecule has 0 N–H and O–H groups in total. The molecule has 0 amide bonds. The average Bonchev–Trinajstić information content (AvgIpc) is 2.38. The first-order valence-electron chi connectivity index (χ1n) is 5.84. The largest absolute Gasteiger partial charge is 0.493 e. The summed E-state index contributed by atoms with van der Waals surface area (Å²) in [4.78, 5) is 0. The van der Waals surface area contributed by atoms with Gasteiger partial charge in [0.05, 0.1) is 12.5 Å². The zero-order chi connectivity index (χ0) is 12.1. The average molecular weight is 320 g/mol. The molecule has 0 aromatic heterocycles. The molecule has 0 saturated carbocycles. The highest BCUT2D eigenvalue weighted by atomic mass is 79.9. The van der Waals surface area contributed by atoms with Gasteiger partial charge < -0.3 is 9.47 Å². The molecule has 0 aliphatic carbocycles. The number of benzene rings is 1. The van der Waals surface area contributed by atoms with E-state index < -0.39 is 0 Å². The van der Waals surface area contributed by atoms with Crippen molar-refractivity contribution in [3.8, 4) is 5.75 Å². The molecule has 1 saturated heterocycles. The summed E-state index contributed by atoms with van der Waals surface area (Å²) in [5.41, 5.74) is 1.04. The lowest BCUT2D eigenvalue weighted by Crippen LogP contribution is -2.21. The third-order valence-electron chi connectivity index (χ3n) is 2.98. The Morgan fingerprint density at radius 3 is 2.82 bits per heavy atom. The van der Waals surface area contributed by atoms with Crippen LogP contribution in [0.3, 0.4) is 0 Å². The molecule has 0 bridgehead atoms. The molecule has 1 aliphatic heterocycles. The lowest BCUT2D eigenvalue weighted by atomic mass is 10.0. The van der Waals surface area contributed by atoms with E-state index in [0.29, 0.717) is 11.8 Å². The highest BCUT2D eigenvalue weighted by Crippen LogP contribution is 2.26. The van der Waals surface area contributed by atoms with Gasteiger partial charge in [0.1, 0.15) is 5.75 Å². The van der Waals surface area contributed by atoms with Gasteiger partial charge >= 0.3 is 0 Å². The van der Waals surface area contributed by atoms with Crippen LogP contribution in [0.15, 0.2) is 22.7 Å². The smallest absolute Gasteiger partial charge is 0.123 e. The van der Waals surface area contributed by atoms with Gasteiger partial charge in [0.2, 0.25) is 0 Å². The highest BCUT2D eigenvalue weighted by molar-refractivity contribution is 9.10. The summed E-state index contributed by atoms with van der Waals surface area (Å²) in [6.45, 7) is 2.47. The van der Waals surface area contributed by atoms with Crippen molar-refractivity contribution in [2.45, 2.75) is 18.7 Å². The molecule has 1 aliphatic rings. The second-order valence-corrected chi connectivity index (χ2v) is 5.44. The molecule has 0 radical (unpaired) electrons.